The van der Waals surface area contributed by atoms with Crippen molar-refractivity contribution in [1.82, 2.24) is 25.4 Å². The van der Waals surface area contributed by atoms with Crippen LogP contribution in [0.3, 0.4) is 0 Å². The summed E-state index contributed by atoms with van der Waals surface area (Å²) in [5.74, 6) is 1.66. The third-order valence-corrected chi connectivity index (χ3v) is 5.56. The van der Waals surface area contributed by atoms with E-state index in [1.807, 2.05) is 19.2 Å². The molecule has 0 unspecified atom stereocenters. The van der Waals surface area contributed by atoms with Gasteiger partial charge in [0.2, 0.25) is 0 Å². The fourth-order valence-corrected chi connectivity index (χ4v) is 3.84. The summed E-state index contributed by atoms with van der Waals surface area (Å²) in [7, 11) is 3.68. The largest absolute Gasteiger partial charge is 0.356 e. The van der Waals surface area contributed by atoms with Crippen LogP contribution in [0.15, 0.2) is 35.6 Å². The van der Waals surface area contributed by atoms with Crippen molar-refractivity contribution in [2.75, 3.05) is 13.6 Å². The number of guanidine groups is 1. The molecular formula is C19H28ClIN6. The molecule has 2 N–H and O–H groups in total. The Morgan fingerprint density at radius 1 is 1.19 bits per heavy atom. The number of rotatable bonds is 5. The van der Waals surface area contributed by atoms with Crippen LogP contribution in [0.4, 0.5) is 0 Å². The van der Waals surface area contributed by atoms with Gasteiger partial charge in [0, 0.05) is 31.1 Å². The molecular weight excluding hydrogens is 475 g/mol. The maximum absolute atomic E-state index is 6.09. The van der Waals surface area contributed by atoms with Crippen LogP contribution in [0.25, 0.3) is 0 Å². The summed E-state index contributed by atoms with van der Waals surface area (Å²) in [6.45, 7) is 1.44. The molecule has 0 saturated heterocycles. The van der Waals surface area contributed by atoms with E-state index < -0.39 is 0 Å². The molecule has 0 aliphatic heterocycles. The van der Waals surface area contributed by atoms with E-state index in [4.69, 9.17) is 11.6 Å². The molecule has 1 aromatic carbocycles. The maximum Gasteiger partial charge on any atom is 0.191 e. The molecule has 8 heteroatoms. The van der Waals surface area contributed by atoms with Gasteiger partial charge in [-0.25, -0.2) is 4.98 Å². The Balaban J connectivity index is 0.00000261. The van der Waals surface area contributed by atoms with Gasteiger partial charge in [-0.15, -0.1) is 24.0 Å². The first kappa shape index (κ1) is 21.9. The molecule has 1 fully saturated rings. The monoisotopic (exact) mass is 502 g/mol. The summed E-state index contributed by atoms with van der Waals surface area (Å²) in [6, 6.07) is 8.33. The van der Waals surface area contributed by atoms with E-state index in [0.717, 1.165) is 23.4 Å². The standard InChI is InChI=1S/C19H27ClN6.HI/c1-21-18(22-12-17-24-14-25-26(17)2)23-13-19(10-4-3-5-11-19)15-6-8-16(20)9-7-15;/h6-9,14H,3-5,10-13H2,1-2H3,(H2,21,22,23);1H. The summed E-state index contributed by atoms with van der Waals surface area (Å²) in [6.07, 6.45) is 7.76. The predicted molar refractivity (Wildman–Crippen MR) is 121 cm³/mol. The number of aliphatic imine (C=N–C) groups is 1. The van der Waals surface area contributed by atoms with Crippen molar-refractivity contribution in [2.45, 2.75) is 44.1 Å². The van der Waals surface area contributed by atoms with E-state index >= 15 is 0 Å². The van der Waals surface area contributed by atoms with Crippen LogP contribution in [0.1, 0.15) is 43.5 Å². The molecule has 2 aromatic rings. The number of aromatic nitrogens is 3. The number of benzene rings is 1. The molecule has 0 amide bonds. The minimum absolute atomic E-state index is 0. The van der Waals surface area contributed by atoms with Crippen LogP contribution < -0.4 is 10.6 Å². The number of hydrogen-bond acceptors (Lipinski definition) is 3. The normalized spacial score (nSPS) is 16.5. The highest BCUT2D eigenvalue weighted by Crippen LogP contribution is 2.39. The number of halogens is 2. The molecule has 0 atom stereocenters. The van der Waals surface area contributed by atoms with Crippen LogP contribution >= 0.6 is 35.6 Å². The lowest BCUT2D eigenvalue weighted by Gasteiger charge is -2.38. The topological polar surface area (TPSA) is 67.1 Å². The van der Waals surface area contributed by atoms with Gasteiger partial charge in [-0.3, -0.25) is 9.67 Å². The smallest absolute Gasteiger partial charge is 0.191 e. The number of nitrogens with zero attached hydrogens (tertiary/aromatic N) is 4. The lowest BCUT2D eigenvalue weighted by atomic mass is 9.69. The molecule has 148 valence electrons. The zero-order valence-corrected chi connectivity index (χ0v) is 19.0. The molecule has 6 nitrogen and oxygen atoms in total. The van der Waals surface area contributed by atoms with Crippen molar-refractivity contribution >= 4 is 41.5 Å². The van der Waals surface area contributed by atoms with E-state index in [0.29, 0.717) is 6.54 Å². The quantitative estimate of drug-likeness (QED) is 0.372. The van der Waals surface area contributed by atoms with Gasteiger partial charge < -0.3 is 10.6 Å². The average Bonchev–Trinajstić information content (AvgIpc) is 3.08. The van der Waals surface area contributed by atoms with Crippen LogP contribution in [0, 0.1) is 0 Å². The van der Waals surface area contributed by atoms with E-state index in [9.17, 15) is 0 Å². The number of nitrogens with one attached hydrogen (secondary N) is 2. The molecule has 27 heavy (non-hydrogen) atoms. The summed E-state index contributed by atoms with van der Waals surface area (Å²) >= 11 is 6.09. The lowest BCUT2D eigenvalue weighted by Crippen LogP contribution is -2.46. The first-order chi connectivity index (χ1) is 12.6. The van der Waals surface area contributed by atoms with Gasteiger partial charge in [0.05, 0.1) is 6.54 Å². The molecule has 1 aromatic heterocycles. The second kappa shape index (κ2) is 10.3. The maximum atomic E-state index is 6.09. The highest BCUT2D eigenvalue weighted by atomic mass is 127. The van der Waals surface area contributed by atoms with Crippen molar-refractivity contribution in [3.05, 3.63) is 47.0 Å². The Kier molecular flexibility index (Phi) is 8.34. The lowest BCUT2D eigenvalue weighted by molar-refractivity contribution is 0.291. The number of hydrogen-bond donors (Lipinski definition) is 2. The van der Waals surface area contributed by atoms with Gasteiger partial charge in [0.15, 0.2) is 5.96 Å². The first-order valence-corrected chi connectivity index (χ1v) is 9.54. The SMILES string of the molecule is CN=C(NCc1ncnn1C)NCC1(c2ccc(Cl)cc2)CCCCC1.I. The Morgan fingerprint density at radius 2 is 1.89 bits per heavy atom. The summed E-state index contributed by atoms with van der Waals surface area (Å²) < 4.78 is 1.76. The van der Waals surface area contributed by atoms with Gasteiger partial charge in [0.25, 0.3) is 0 Å². The van der Waals surface area contributed by atoms with Crippen LogP contribution in [-0.4, -0.2) is 34.3 Å². The Labute approximate surface area is 183 Å². The Hall–Kier alpha value is -1.35. The first-order valence-electron chi connectivity index (χ1n) is 9.16. The highest BCUT2D eigenvalue weighted by Gasteiger charge is 2.34. The Bertz CT molecular complexity index is 737. The predicted octanol–water partition coefficient (Wildman–Crippen LogP) is 3.65. The third kappa shape index (κ3) is 5.57. The van der Waals surface area contributed by atoms with Crippen molar-refractivity contribution in [2.24, 2.45) is 12.0 Å². The van der Waals surface area contributed by atoms with E-state index in [1.165, 1.54) is 37.7 Å². The average molecular weight is 503 g/mol. The molecule has 0 bridgehead atoms. The molecule has 0 radical (unpaired) electrons. The molecule has 1 aliphatic rings. The van der Waals surface area contributed by atoms with Gasteiger partial charge >= 0.3 is 0 Å². The van der Waals surface area contributed by atoms with E-state index in [1.54, 1.807) is 18.1 Å². The van der Waals surface area contributed by atoms with Crippen LogP contribution in [0.5, 0.6) is 0 Å². The summed E-state index contributed by atoms with van der Waals surface area (Å²) in [5.41, 5.74) is 1.49. The van der Waals surface area contributed by atoms with Crippen LogP contribution in [-0.2, 0) is 19.0 Å². The van der Waals surface area contributed by atoms with Gasteiger partial charge in [-0.1, -0.05) is 43.0 Å². The second-order valence-electron chi connectivity index (χ2n) is 6.93. The summed E-state index contributed by atoms with van der Waals surface area (Å²) in [5, 5.41) is 11.7. The van der Waals surface area contributed by atoms with Gasteiger partial charge in [-0.2, -0.15) is 5.10 Å². The molecule has 1 heterocycles. The second-order valence-corrected chi connectivity index (χ2v) is 7.36. The number of aryl methyl sites for hydroxylation is 1. The summed E-state index contributed by atoms with van der Waals surface area (Å²) in [4.78, 5) is 8.59. The highest BCUT2D eigenvalue weighted by molar-refractivity contribution is 14.0. The fourth-order valence-electron chi connectivity index (χ4n) is 3.72. The molecule has 1 aliphatic carbocycles. The van der Waals surface area contributed by atoms with Crippen LogP contribution in [0.2, 0.25) is 5.02 Å². The zero-order chi connectivity index (χ0) is 18.4. The Morgan fingerprint density at radius 3 is 2.48 bits per heavy atom. The minimum atomic E-state index is 0. The van der Waals surface area contributed by atoms with Gasteiger partial charge in [0.1, 0.15) is 12.2 Å². The van der Waals surface area contributed by atoms with Crippen molar-refractivity contribution in [1.29, 1.82) is 0 Å². The molecule has 3 rings (SSSR count). The third-order valence-electron chi connectivity index (χ3n) is 5.30. The fraction of sp³-hybridized carbons (Fsp3) is 0.526. The minimum Gasteiger partial charge on any atom is -0.356 e. The van der Waals surface area contributed by atoms with Crippen molar-refractivity contribution in [3.8, 4) is 0 Å². The van der Waals surface area contributed by atoms with E-state index in [-0.39, 0.29) is 29.4 Å². The van der Waals surface area contributed by atoms with Gasteiger partial charge in [-0.05, 0) is 30.5 Å². The van der Waals surface area contributed by atoms with Crippen molar-refractivity contribution in [3.63, 3.8) is 0 Å². The molecule has 1 saturated carbocycles. The molecule has 0 spiro atoms. The van der Waals surface area contributed by atoms with Crippen molar-refractivity contribution < 1.29 is 0 Å². The van der Waals surface area contributed by atoms with E-state index in [2.05, 4.69) is 37.8 Å². The zero-order valence-electron chi connectivity index (χ0n) is 15.9.